The molecular formula is C24H23N3O4. The summed E-state index contributed by atoms with van der Waals surface area (Å²) in [5.41, 5.74) is 3.53. The Kier molecular flexibility index (Phi) is 5.75. The van der Waals surface area contributed by atoms with Crippen molar-refractivity contribution >= 4 is 22.3 Å². The van der Waals surface area contributed by atoms with Gasteiger partial charge in [0.1, 0.15) is 5.69 Å². The summed E-state index contributed by atoms with van der Waals surface area (Å²) in [6.45, 7) is 0.427. The first-order valence-electron chi connectivity index (χ1n) is 9.88. The first-order valence-corrected chi connectivity index (χ1v) is 9.88. The van der Waals surface area contributed by atoms with Gasteiger partial charge in [0.15, 0.2) is 11.5 Å². The number of aromatic nitrogens is 1. The molecule has 158 valence electrons. The number of nitro benzene ring substituents is 1. The highest BCUT2D eigenvalue weighted by atomic mass is 16.6. The number of hydrogen-bond acceptors (Lipinski definition) is 5. The van der Waals surface area contributed by atoms with Gasteiger partial charge in [-0.2, -0.15) is 0 Å². The Morgan fingerprint density at radius 1 is 0.968 bits per heavy atom. The molecule has 1 heterocycles. The number of hydrogen-bond donors (Lipinski definition) is 2. The van der Waals surface area contributed by atoms with Crippen LogP contribution in [0.25, 0.3) is 10.9 Å². The minimum Gasteiger partial charge on any atom is -0.493 e. The lowest BCUT2D eigenvalue weighted by molar-refractivity contribution is -0.384. The molecule has 0 amide bonds. The summed E-state index contributed by atoms with van der Waals surface area (Å²) in [4.78, 5) is 14.4. The minimum absolute atomic E-state index is 0.0396. The fourth-order valence-corrected chi connectivity index (χ4v) is 3.95. The van der Waals surface area contributed by atoms with E-state index in [1.807, 2.05) is 42.6 Å². The number of methoxy groups -OCH3 is 2. The van der Waals surface area contributed by atoms with E-state index in [9.17, 15) is 10.1 Å². The van der Waals surface area contributed by atoms with Gasteiger partial charge in [0.05, 0.1) is 19.1 Å². The van der Waals surface area contributed by atoms with Gasteiger partial charge < -0.3 is 19.8 Å². The van der Waals surface area contributed by atoms with Gasteiger partial charge in [-0.25, -0.2) is 0 Å². The van der Waals surface area contributed by atoms with Crippen LogP contribution < -0.4 is 14.8 Å². The van der Waals surface area contributed by atoms with Crippen molar-refractivity contribution in [1.29, 1.82) is 0 Å². The molecule has 0 fully saturated rings. The second kappa shape index (κ2) is 8.79. The first-order chi connectivity index (χ1) is 15.1. The van der Waals surface area contributed by atoms with E-state index in [2.05, 4.69) is 16.4 Å². The van der Waals surface area contributed by atoms with Gasteiger partial charge in [-0.05, 0) is 23.8 Å². The maximum Gasteiger partial charge on any atom is 0.292 e. The normalized spacial score (nSPS) is 11.8. The number of nitrogens with one attached hydrogen (secondary N) is 2. The molecule has 0 spiro atoms. The first kappa shape index (κ1) is 20.3. The molecule has 0 aliphatic rings. The zero-order chi connectivity index (χ0) is 21.8. The molecule has 1 atom stereocenters. The van der Waals surface area contributed by atoms with Crippen molar-refractivity contribution in [2.75, 3.05) is 26.1 Å². The summed E-state index contributed by atoms with van der Waals surface area (Å²) < 4.78 is 11.2. The van der Waals surface area contributed by atoms with E-state index in [1.165, 1.54) is 6.07 Å². The van der Waals surface area contributed by atoms with Gasteiger partial charge in [-0.15, -0.1) is 0 Å². The van der Waals surface area contributed by atoms with Gasteiger partial charge in [0.2, 0.25) is 0 Å². The summed E-state index contributed by atoms with van der Waals surface area (Å²) in [5.74, 6) is 1.13. The molecule has 1 unspecified atom stereocenters. The Morgan fingerprint density at radius 2 is 1.74 bits per heavy atom. The fourth-order valence-electron chi connectivity index (χ4n) is 3.95. The maximum atomic E-state index is 11.4. The Morgan fingerprint density at radius 3 is 2.52 bits per heavy atom. The summed E-state index contributed by atoms with van der Waals surface area (Å²) in [6.07, 6.45) is 1.98. The average molecular weight is 417 g/mol. The zero-order valence-corrected chi connectivity index (χ0v) is 17.3. The van der Waals surface area contributed by atoms with Crippen LogP contribution in [0.5, 0.6) is 11.5 Å². The quantitative estimate of drug-likeness (QED) is 0.298. The topological polar surface area (TPSA) is 89.4 Å². The van der Waals surface area contributed by atoms with Crippen molar-refractivity contribution in [2.45, 2.75) is 5.92 Å². The Balaban J connectivity index is 1.81. The molecule has 7 heteroatoms. The van der Waals surface area contributed by atoms with E-state index in [-0.39, 0.29) is 16.5 Å². The van der Waals surface area contributed by atoms with Gasteiger partial charge >= 0.3 is 0 Å². The zero-order valence-electron chi connectivity index (χ0n) is 17.3. The number of rotatable bonds is 8. The monoisotopic (exact) mass is 417 g/mol. The summed E-state index contributed by atoms with van der Waals surface area (Å²) in [6, 6.07) is 20.5. The summed E-state index contributed by atoms with van der Waals surface area (Å²) in [7, 11) is 3.22. The molecule has 1 aromatic heterocycles. The van der Waals surface area contributed by atoms with Gasteiger partial charge in [0, 0.05) is 41.2 Å². The highest BCUT2D eigenvalue weighted by Gasteiger charge is 2.24. The third kappa shape index (κ3) is 3.90. The number of nitro groups is 1. The third-order valence-corrected chi connectivity index (χ3v) is 5.40. The van der Waals surface area contributed by atoms with Crippen LogP contribution in [0.3, 0.4) is 0 Å². The minimum atomic E-state index is -0.380. The molecule has 4 aromatic rings. The number of aromatic amines is 1. The largest absolute Gasteiger partial charge is 0.493 e. The van der Waals surface area contributed by atoms with E-state index >= 15 is 0 Å². The maximum absolute atomic E-state index is 11.4. The highest BCUT2D eigenvalue weighted by molar-refractivity contribution is 5.84. The third-order valence-electron chi connectivity index (χ3n) is 5.40. The second-order valence-electron chi connectivity index (χ2n) is 7.08. The molecule has 0 aliphatic heterocycles. The molecular weight excluding hydrogens is 394 g/mol. The van der Waals surface area contributed by atoms with E-state index < -0.39 is 0 Å². The highest BCUT2D eigenvalue weighted by Crippen LogP contribution is 2.40. The fraction of sp³-hybridized carbons (Fsp3) is 0.167. The van der Waals surface area contributed by atoms with Crippen LogP contribution in [-0.2, 0) is 0 Å². The number of nitrogens with zero attached hydrogens (tertiary/aromatic N) is 1. The van der Waals surface area contributed by atoms with Crippen LogP contribution in [0.1, 0.15) is 17.0 Å². The Bertz CT molecular complexity index is 1220. The van der Waals surface area contributed by atoms with Crippen molar-refractivity contribution in [3.05, 3.63) is 94.2 Å². The SMILES string of the molecule is COc1cccc(C(CNc2ccccc2[N+](=O)[O-])c2c[nH]c3ccccc23)c1OC. The number of H-pyrrole nitrogens is 1. The standard InChI is InChI=1S/C24H23N3O4/c1-30-23-13-7-9-17(24(23)31-2)19(18-14-25-20-10-4-3-8-16(18)20)15-26-21-11-5-6-12-22(21)27(28)29/h3-14,19,25-26H,15H2,1-2H3. The van der Waals surface area contributed by atoms with Crippen LogP contribution >= 0.6 is 0 Å². The molecule has 3 aromatic carbocycles. The molecule has 0 saturated heterocycles. The molecule has 0 saturated carbocycles. The average Bonchev–Trinajstić information content (AvgIpc) is 3.23. The summed E-state index contributed by atoms with van der Waals surface area (Å²) in [5, 5.41) is 15.8. The second-order valence-corrected chi connectivity index (χ2v) is 7.08. The van der Waals surface area contributed by atoms with Crippen LogP contribution in [0.15, 0.2) is 72.9 Å². The van der Waals surface area contributed by atoms with E-state index in [0.717, 1.165) is 22.0 Å². The lowest BCUT2D eigenvalue weighted by Gasteiger charge is -2.22. The summed E-state index contributed by atoms with van der Waals surface area (Å²) >= 11 is 0. The molecule has 0 aliphatic carbocycles. The van der Waals surface area contributed by atoms with Crippen LogP contribution in [0.4, 0.5) is 11.4 Å². The number of benzene rings is 3. The molecule has 4 rings (SSSR count). The molecule has 31 heavy (non-hydrogen) atoms. The number of para-hydroxylation sites is 4. The van der Waals surface area contributed by atoms with Crippen molar-refractivity contribution < 1.29 is 14.4 Å². The smallest absolute Gasteiger partial charge is 0.292 e. The number of ether oxygens (including phenoxy) is 2. The van der Waals surface area contributed by atoms with Crippen LogP contribution in [0, 0.1) is 10.1 Å². The number of anilines is 1. The Hall–Kier alpha value is -4.00. The predicted octanol–water partition coefficient (Wildman–Crippen LogP) is 5.34. The van der Waals surface area contributed by atoms with Crippen molar-refractivity contribution in [1.82, 2.24) is 4.98 Å². The van der Waals surface area contributed by atoms with Crippen molar-refractivity contribution in [3.8, 4) is 11.5 Å². The molecule has 2 N–H and O–H groups in total. The predicted molar refractivity (Wildman–Crippen MR) is 121 cm³/mol. The van der Waals surface area contributed by atoms with Crippen LogP contribution in [0.2, 0.25) is 0 Å². The van der Waals surface area contributed by atoms with Gasteiger partial charge in [-0.3, -0.25) is 10.1 Å². The van der Waals surface area contributed by atoms with E-state index in [0.29, 0.717) is 23.7 Å². The van der Waals surface area contributed by atoms with Crippen molar-refractivity contribution in [3.63, 3.8) is 0 Å². The number of fused-ring (bicyclic) bond motifs is 1. The lowest BCUT2D eigenvalue weighted by Crippen LogP contribution is -2.16. The molecule has 7 nitrogen and oxygen atoms in total. The molecule has 0 bridgehead atoms. The molecule has 0 radical (unpaired) electrons. The van der Waals surface area contributed by atoms with Crippen molar-refractivity contribution in [2.24, 2.45) is 0 Å². The van der Waals surface area contributed by atoms with Gasteiger partial charge in [0.25, 0.3) is 5.69 Å². The lowest BCUT2D eigenvalue weighted by atomic mass is 9.89. The van der Waals surface area contributed by atoms with Crippen LogP contribution in [-0.4, -0.2) is 30.7 Å². The van der Waals surface area contributed by atoms with E-state index in [1.54, 1.807) is 32.4 Å². The van der Waals surface area contributed by atoms with Gasteiger partial charge in [-0.1, -0.05) is 42.5 Å². The Labute approximate surface area is 179 Å². The van der Waals surface area contributed by atoms with E-state index in [4.69, 9.17) is 9.47 Å².